The van der Waals surface area contributed by atoms with Crippen LogP contribution in [0.4, 0.5) is 5.69 Å². The van der Waals surface area contributed by atoms with Gasteiger partial charge in [0.25, 0.3) is 0 Å². The number of aromatic nitrogens is 1. The normalized spacial score (nSPS) is 22.3. The summed E-state index contributed by atoms with van der Waals surface area (Å²) in [4.78, 5) is 17.7. The maximum absolute atomic E-state index is 13.3. The molecule has 1 amide bonds. The summed E-state index contributed by atoms with van der Waals surface area (Å²) in [5.74, 6) is 0.558. The van der Waals surface area contributed by atoms with Crippen LogP contribution in [-0.4, -0.2) is 31.7 Å². The Balaban J connectivity index is 1.53. The minimum atomic E-state index is -3.33. The maximum atomic E-state index is 13.3. The van der Waals surface area contributed by atoms with Crippen molar-refractivity contribution >= 4 is 43.8 Å². The number of carbonyl (C=O) groups is 1. The number of halogens is 1. The van der Waals surface area contributed by atoms with E-state index in [1.54, 1.807) is 42.7 Å². The summed E-state index contributed by atoms with van der Waals surface area (Å²) in [6.07, 6.45) is 5.54. The highest BCUT2D eigenvalue weighted by molar-refractivity contribution is 7.90. The van der Waals surface area contributed by atoms with Crippen LogP contribution in [-0.2, 0) is 20.0 Å². The third-order valence-electron chi connectivity index (χ3n) is 5.74. The van der Waals surface area contributed by atoms with Crippen molar-refractivity contribution in [2.24, 2.45) is 0 Å². The molecule has 1 fully saturated rings. The third-order valence-corrected chi connectivity index (χ3v) is 7.09. The second-order valence-electron chi connectivity index (χ2n) is 7.67. The van der Waals surface area contributed by atoms with Gasteiger partial charge in [-0.15, -0.1) is 0 Å². The Hall–Kier alpha value is -2.64. The van der Waals surface area contributed by atoms with Gasteiger partial charge < -0.3 is 10.1 Å². The Bertz CT molecular complexity index is 1280. The van der Waals surface area contributed by atoms with Crippen molar-refractivity contribution in [1.29, 1.82) is 0 Å². The largest absolute Gasteiger partial charge is 0.490 e. The summed E-state index contributed by atoms with van der Waals surface area (Å²) in [5.41, 5.74) is 0.663. The number of pyridine rings is 1. The number of nitrogens with one attached hydrogen (secondary N) is 1. The lowest BCUT2D eigenvalue weighted by Crippen LogP contribution is -2.58. The fourth-order valence-electron chi connectivity index (χ4n) is 4.21. The number of fused-ring (bicyclic) bond motifs is 1. The van der Waals surface area contributed by atoms with Crippen molar-refractivity contribution in [1.82, 2.24) is 4.98 Å². The van der Waals surface area contributed by atoms with Crippen molar-refractivity contribution in [3.8, 4) is 5.75 Å². The van der Waals surface area contributed by atoms with E-state index in [0.29, 0.717) is 34.7 Å². The van der Waals surface area contributed by atoms with Crippen LogP contribution in [0, 0.1) is 0 Å². The molecule has 2 aliphatic heterocycles. The first kappa shape index (κ1) is 18.4. The van der Waals surface area contributed by atoms with E-state index >= 15 is 0 Å². The average Bonchev–Trinajstić information content (AvgIpc) is 2.65. The number of anilines is 1. The molecule has 1 N–H and O–H groups in total. The highest BCUT2D eigenvalue weighted by Gasteiger charge is 2.57. The molecule has 1 aliphatic carbocycles. The quantitative estimate of drug-likeness (QED) is 0.687. The smallest absolute Gasteiger partial charge is 0.235 e. The number of benzene rings is 2. The monoisotopic (exact) mass is 428 g/mol. The van der Waals surface area contributed by atoms with Crippen LogP contribution in [0.5, 0.6) is 5.75 Å². The van der Waals surface area contributed by atoms with Crippen LogP contribution in [0.2, 0.25) is 5.02 Å². The molecule has 0 spiro atoms. The summed E-state index contributed by atoms with van der Waals surface area (Å²) in [6, 6.07) is 10.1. The van der Waals surface area contributed by atoms with Gasteiger partial charge in [-0.25, -0.2) is 8.42 Å². The van der Waals surface area contributed by atoms with Gasteiger partial charge in [0.1, 0.15) is 11.9 Å². The van der Waals surface area contributed by atoms with Crippen LogP contribution in [0.1, 0.15) is 18.4 Å². The van der Waals surface area contributed by atoms with Gasteiger partial charge in [0.15, 0.2) is 9.84 Å². The zero-order valence-corrected chi connectivity index (χ0v) is 17.0. The highest BCUT2D eigenvalue weighted by Crippen LogP contribution is 2.54. The number of amides is 1. The standard InChI is InChI=1S/C21H17ClN2O4S/c1-29(26,27)15-3-4-16-12(6-15)10-23-11-18(16)24-20(25)21-8-14(9-21)28-19-5-2-13(22)7-17(19)21/h2-7,10-11,14H,8-9H2,1H3,(H,24,25). The molecule has 1 aromatic heterocycles. The van der Waals surface area contributed by atoms with E-state index in [1.165, 1.54) is 6.07 Å². The predicted octanol–water partition coefficient (Wildman–Crippen LogP) is 3.72. The number of nitrogens with zero attached hydrogens (tertiary/aromatic N) is 1. The summed E-state index contributed by atoms with van der Waals surface area (Å²) < 4.78 is 29.5. The van der Waals surface area contributed by atoms with Gasteiger partial charge in [0, 0.05) is 46.7 Å². The summed E-state index contributed by atoms with van der Waals surface area (Å²) in [7, 11) is -3.33. The van der Waals surface area contributed by atoms with E-state index in [4.69, 9.17) is 16.3 Å². The number of rotatable bonds is 3. The molecule has 148 valence electrons. The molecule has 0 atom stereocenters. The van der Waals surface area contributed by atoms with Gasteiger partial charge in [-0.1, -0.05) is 17.7 Å². The second kappa shape index (κ2) is 6.18. The van der Waals surface area contributed by atoms with Crippen molar-refractivity contribution in [2.75, 3.05) is 11.6 Å². The van der Waals surface area contributed by atoms with Gasteiger partial charge in [-0.3, -0.25) is 9.78 Å². The van der Waals surface area contributed by atoms with Crippen LogP contribution in [0.25, 0.3) is 10.8 Å². The lowest BCUT2D eigenvalue weighted by Gasteiger charge is -2.51. The van der Waals surface area contributed by atoms with Gasteiger partial charge in [-0.2, -0.15) is 0 Å². The summed E-state index contributed by atoms with van der Waals surface area (Å²) in [6.45, 7) is 0. The first-order valence-electron chi connectivity index (χ1n) is 9.12. The fourth-order valence-corrected chi connectivity index (χ4v) is 5.04. The van der Waals surface area contributed by atoms with E-state index in [9.17, 15) is 13.2 Å². The van der Waals surface area contributed by atoms with Crippen molar-refractivity contribution < 1.29 is 17.9 Å². The molecule has 0 saturated heterocycles. The van der Waals surface area contributed by atoms with Crippen molar-refractivity contribution in [3.63, 3.8) is 0 Å². The molecule has 3 aliphatic rings. The SMILES string of the molecule is CS(=O)(=O)c1ccc2c(NC(=O)C34CC(C3)Oc3ccc(Cl)cc34)cncc2c1. The third kappa shape index (κ3) is 2.88. The van der Waals surface area contributed by atoms with E-state index in [1.807, 2.05) is 0 Å². The molecular formula is C21H17ClN2O4S. The van der Waals surface area contributed by atoms with Crippen LogP contribution >= 0.6 is 11.6 Å². The van der Waals surface area contributed by atoms with Gasteiger partial charge in [-0.05, 0) is 30.3 Å². The van der Waals surface area contributed by atoms with Crippen LogP contribution in [0.15, 0.2) is 53.7 Å². The number of hydrogen-bond acceptors (Lipinski definition) is 5. The van der Waals surface area contributed by atoms with Gasteiger partial charge >= 0.3 is 0 Å². The fraction of sp³-hybridized carbons (Fsp3) is 0.238. The Kier molecular flexibility index (Phi) is 3.92. The molecule has 2 aromatic carbocycles. The minimum Gasteiger partial charge on any atom is -0.490 e. The van der Waals surface area contributed by atoms with Crippen molar-refractivity contribution in [2.45, 2.75) is 29.3 Å². The number of sulfone groups is 1. The molecular weight excluding hydrogens is 412 g/mol. The number of carbonyl (C=O) groups excluding carboxylic acids is 1. The van der Waals surface area contributed by atoms with Crippen LogP contribution < -0.4 is 10.1 Å². The number of hydrogen-bond donors (Lipinski definition) is 1. The molecule has 2 bridgehead atoms. The second-order valence-corrected chi connectivity index (χ2v) is 10.1. The molecule has 6 rings (SSSR count). The van der Waals surface area contributed by atoms with Gasteiger partial charge in [0.05, 0.1) is 22.2 Å². The van der Waals surface area contributed by atoms with Gasteiger partial charge in [0.2, 0.25) is 5.91 Å². The summed E-state index contributed by atoms with van der Waals surface area (Å²) in [5, 5.41) is 4.93. The molecule has 1 saturated carbocycles. The molecule has 8 heteroatoms. The molecule has 0 radical (unpaired) electrons. The zero-order valence-electron chi connectivity index (χ0n) is 15.5. The van der Waals surface area contributed by atoms with Crippen molar-refractivity contribution in [3.05, 3.63) is 59.4 Å². The van der Waals surface area contributed by atoms with E-state index in [-0.39, 0.29) is 16.9 Å². The Morgan fingerprint density at radius 1 is 1.21 bits per heavy atom. The summed E-state index contributed by atoms with van der Waals surface area (Å²) >= 11 is 6.17. The lowest BCUT2D eigenvalue weighted by molar-refractivity contribution is -0.131. The Labute approximate surface area is 172 Å². The topological polar surface area (TPSA) is 85.4 Å². The first-order valence-corrected chi connectivity index (χ1v) is 11.4. The average molecular weight is 429 g/mol. The Morgan fingerprint density at radius 2 is 2.00 bits per heavy atom. The van der Waals surface area contributed by atoms with E-state index in [2.05, 4.69) is 10.3 Å². The van der Waals surface area contributed by atoms with E-state index in [0.717, 1.165) is 17.2 Å². The lowest BCUT2D eigenvalue weighted by atomic mass is 9.60. The van der Waals surface area contributed by atoms with E-state index < -0.39 is 15.3 Å². The predicted molar refractivity (Wildman–Crippen MR) is 110 cm³/mol. The Morgan fingerprint density at radius 3 is 2.76 bits per heavy atom. The highest BCUT2D eigenvalue weighted by atomic mass is 35.5. The molecule has 3 aromatic rings. The molecule has 0 unspecified atom stereocenters. The maximum Gasteiger partial charge on any atom is 0.235 e. The number of ether oxygens (including phenoxy) is 1. The molecule has 3 heterocycles. The first-order chi connectivity index (χ1) is 13.8. The van der Waals surface area contributed by atoms with Crippen LogP contribution in [0.3, 0.4) is 0 Å². The molecule has 6 nitrogen and oxygen atoms in total. The molecule has 29 heavy (non-hydrogen) atoms. The minimum absolute atomic E-state index is 0.0254. The zero-order chi connectivity index (χ0) is 20.4.